The van der Waals surface area contributed by atoms with Gasteiger partial charge >= 0.3 is 0 Å². The van der Waals surface area contributed by atoms with Gasteiger partial charge in [0.05, 0.1) is 12.8 Å². The van der Waals surface area contributed by atoms with E-state index in [1.807, 2.05) is 54.4 Å². The number of rotatable bonds is 5. The number of nitrogens with zero attached hydrogens (tertiary/aromatic N) is 3. The predicted octanol–water partition coefficient (Wildman–Crippen LogP) is 4.65. The number of para-hydroxylation sites is 1. The minimum Gasteiger partial charge on any atom is -0.495 e. The predicted molar refractivity (Wildman–Crippen MR) is 97.8 cm³/mol. The average molecular weight is 341 g/mol. The second kappa shape index (κ2) is 7.19. The third-order valence-corrected chi connectivity index (χ3v) is 3.80. The Morgan fingerprint density at radius 1 is 1.04 bits per heavy atom. The third-order valence-electron chi connectivity index (χ3n) is 3.56. The van der Waals surface area contributed by atoms with Crippen LogP contribution in [0.1, 0.15) is 0 Å². The molecule has 1 N–H and O–H groups in total. The molecule has 3 aromatic rings. The first-order chi connectivity index (χ1) is 11.7. The van der Waals surface area contributed by atoms with Crippen molar-refractivity contribution in [3.63, 3.8) is 0 Å². The van der Waals surface area contributed by atoms with Gasteiger partial charge in [0.15, 0.2) is 0 Å². The zero-order valence-electron chi connectivity index (χ0n) is 13.4. The van der Waals surface area contributed by atoms with E-state index in [2.05, 4.69) is 15.3 Å². The van der Waals surface area contributed by atoms with Crippen molar-refractivity contribution in [2.45, 2.75) is 0 Å². The molecule has 1 aromatic heterocycles. The Labute approximate surface area is 145 Å². The summed E-state index contributed by atoms with van der Waals surface area (Å²) in [6.07, 6.45) is 1.52. The molecule has 24 heavy (non-hydrogen) atoms. The molecule has 3 rings (SSSR count). The highest BCUT2D eigenvalue weighted by atomic mass is 35.5. The van der Waals surface area contributed by atoms with Crippen molar-refractivity contribution < 1.29 is 4.74 Å². The van der Waals surface area contributed by atoms with Crippen LogP contribution in [0.25, 0.3) is 0 Å². The normalized spacial score (nSPS) is 10.3. The highest BCUT2D eigenvalue weighted by Gasteiger charge is 2.09. The van der Waals surface area contributed by atoms with E-state index >= 15 is 0 Å². The number of halogens is 1. The number of benzene rings is 2. The zero-order valence-corrected chi connectivity index (χ0v) is 14.2. The average Bonchev–Trinajstić information content (AvgIpc) is 2.62. The summed E-state index contributed by atoms with van der Waals surface area (Å²) in [4.78, 5) is 10.6. The van der Waals surface area contributed by atoms with Crippen LogP contribution in [0.5, 0.6) is 5.75 Å². The Balaban J connectivity index is 1.87. The lowest BCUT2D eigenvalue weighted by atomic mass is 10.3. The molecular formula is C18H17ClN4O. The Kier molecular flexibility index (Phi) is 4.82. The molecular weight excluding hydrogens is 324 g/mol. The van der Waals surface area contributed by atoms with Crippen molar-refractivity contribution in [1.29, 1.82) is 0 Å². The fourth-order valence-electron chi connectivity index (χ4n) is 2.30. The maximum atomic E-state index is 6.07. The highest BCUT2D eigenvalue weighted by Crippen LogP contribution is 2.31. The molecule has 0 spiro atoms. The molecule has 0 aliphatic carbocycles. The number of aromatic nitrogens is 2. The topological polar surface area (TPSA) is 50.3 Å². The minimum atomic E-state index is 0.619. The summed E-state index contributed by atoms with van der Waals surface area (Å²) in [5.41, 5.74) is 1.79. The molecule has 2 aromatic carbocycles. The summed E-state index contributed by atoms with van der Waals surface area (Å²) >= 11 is 6.07. The summed E-state index contributed by atoms with van der Waals surface area (Å²) in [6.45, 7) is 0. The van der Waals surface area contributed by atoms with Gasteiger partial charge in [0.2, 0.25) is 0 Å². The fraction of sp³-hybridized carbons (Fsp3) is 0.111. The minimum absolute atomic E-state index is 0.619. The quantitative estimate of drug-likeness (QED) is 0.732. The summed E-state index contributed by atoms with van der Waals surface area (Å²) in [7, 11) is 3.57. The van der Waals surface area contributed by atoms with E-state index in [1.54, 1.807) is 19.2 Å². The summed E-state index contributed by atoms with van der Waals surface area (Å²) in [5.74, 6) is 2.12. The smallest absolute Gasteiger partial charge is 0.142 e. The summed E-state index contributed by atoms with van der Waals surface area (Å²) in [5, 5.41) is 3.84. The molecule has 0 saturated heterocycles. The molecule has 0 amide bonds. The second-order valence-electron chi connectivity index (χ2n) is 5.13. The number of anilines is 4. The number of hydrogen-bond donors (Lipinski definition) is 1. The number of nitrogens with one attached hydrogen (secondary N) is 1. The van der Waals surface area contributed by atoms with Crippen molar-refractivity contribution in [2.75, 3.05) is 24.4 Å². The summed E-state index contributed by atoms with van der Waals surface area (Å²) in [6, 6.07) is 17.3. The van der Waals surface area contributed by atoms with E-state index in [4.69, 9.17) is 16.3 Å². The first-order valence-corrected chi connectivity index (χ1v) is 7.76. The maximum absolute atomic E-state index is 6.07. The van der Waals surface area contributed by atoms with Crippen LogP contribution in [-0.4, -0.2) is 24.1 Å². The lowest BCUT2D eigenvalue weighted by Gasteiger charge is -2.19. The van der Waals surface area contributed by atoms with Crippen LogP contribution in [0.2, 0.25) is 5.02 Å². The second-order valence-corrected chi connectivity index (χ2v) is 5.56. The van der Waals surface area contributed by atoms with Crippen LogP contribution < -0.4 is 15.0 Å². The Morgan fingerprint density at radius 3 is 2.58 bits per heavy atom. The van der Waals surface area contributed by atoms with E-state index in [9.17, 15) is 0 Å². The molecule has 0 fully saturated rings. The molecule has 0 aliphatic rings. The van der Waals surface area contributed by atoms with Gasteiger partial charge in [-0.25, -0.2) is 9.97 Å². The van der Waals surface area contributed by atoms with Gasteiger partial charge in [-0.15, -0.1) is 0 Å². The van der Waals surface area contributed by atoms with Crippen LogP contribution >= 0.6 is 11.6 Å². The lowest BCUT2D eigenvalue weighted by molar-refractivity contribution is 0.417. The van der Waals surface area contributed by atoms with Crippen molar-refractivity contribution >= 4 is 34.6 Å². The van der Waals surface area contributed by atoms with E-state index in [0.29, 0.717) is 16.6 Å². The van der Waals surface area contributed by atoms with Gasteiger partial charge in [-0.1, -0.05) is 29.8 Å². The first kappa shape index (κ1) is 16.1. The van der Waals surface area contributed by atoms with Gasteiger partial charge < -0.3 is 15.0 Å². The molecule has 5 nitrogen and oxygen atoms in total. The van der Waals surface area contributed by atoms with Crippen LogP contribution in [0.3, 0.4) is 0 Å². The van der Waals surface area contributed by atoms with E-state index in [-0.39, 0.29) is 0 Å². The van der Waals surface area contributed by atoms with Gasteiger partial charge in [-0.3, -0.25) is 0 Å². The monoisotopic (exact) mass is 340 g/mol. The van der Waals surface area contributed by atoms with Crippen molar-refractivity contribution in [3.8, 4) is 5.75 Å². The van der Waals surface area contributed by atoms with Crippen LogP contribution in [0.15, 0.2) is 60.9 Å². The largest absolute Gasteiger partial charge is 0.495 e. The molecule has 0 saturated carbocycles. The van der Waals surface area contributed by atoms with Gasteiger partial charge in [0, 0.05) is 23.8 Å². The molecule has 0 bridgehead atoms. The van der Waals surface area contributed by atoms with Crippen LogP contribution in [0, 0.1) is 0 Å². The van der Waals surface area contributed by atoms with Gasteiger partial charge in [-0.05, 0) is 30.3 Å². The molecule has 0 radical (unpaired) electrons. The van der Waals surface area contributed by atoms with Crippen LogP contribution in [0.4, 0.5) is 23.0 Å². The third kappa shape index (κ3) is 3.58. The standard InChI is InChI=1S/C18H17ClN4O/c1-23(14-6-4-3-5-7-14)18-11-17(20-12-21-18)22-15-10-13(19)8-9-16(15)24-2/h3-12H,1-2H3,(H,20,21,22). The number of hydrogen-bond acceptors (Lipinski definition) is 5. The van der Waals surface area contributed by atoms with Crippen LogP contribution in [-0.2, 0) is 0 Å². The van der Waals surface area contributed by atoms with E-state index in [0.717, 1.165) is 17.2 Å². The Bertz CT molecular complexity index is 826. The number of methoxy groups -OCH3 is 1. The van der Waals surface area contributed by atoms with Gasteiger partial charge in [0.25, 0.3) is 0 Å². The Morgan fingerprint density at radius 2 is 1.83 bits per heavy atom. The molecule has 0 unspecified atom stereocenters. The van der Waals surface area contributed by atoms with E-state index < -0.39 is 0 Å². The van der Waals surface area contributed by atoms with Crippen molar-refractivity contribution in [2.24, 2.45) is 0 Å². The molecule has 1 heterocycles. The fourth-order valence-corrected chi connectivity index (χ4v) is 2.47. The number of ether oxygens (including phenoxy) is 1. The lowest BCUT2D eigenvalue weighted by Crippen LogP contribution is -2.11. The molecule has 6 heteroatoms. The van der Waals surface area contributed by atoms with Crippen molar-refractivity contribution in [3.05, 3.63) is 65.9 Å². The van der Waals surface area contributed by atoms with Gasteiger partial charge in [0.1, 0.15) is 23.7 Å². The van der Waals surface area contributed by atoms with Crippen molar-refractivity contribution in [1.82, 2.24) is 9.97 Å². The molecule has 0 atom stereocenters. The first-order valence-electron chi connectivity index (χ1n) is 7.39. The molecule has 0 aliphatic heterocycles. The SMILES string of the molecule is COc1ccc(Cl)cc1Nc1cc(N(C)c2ccccc2)ncn1. The molecule has 122 valence electrons. The van der Waals surface area contributed by atoms with E-state index in [1.165, 1.54) is 6.33 Å². The highest BCUT2D eigenvalue weighted by molar-refractivity contribution is 6.31. The van der Waals surface area contributed by atoms with Gasteiger partial charge in [-0.2, -0.15) is 0 Å². The maximum Gasteiger partial charge on any atom is 0.142 e. The summed E-state index contributed by atoms with van der Waals surface area (Å²) < 4.78 is 5.34. The zero-order chi connectivity index (χ0) is 16.9. The Hall–Kier alpha value is -2.79.